The van der Waals surface area contributed by atoms with Gasteiger partial charge in [0.05, 0.1) is 5.41 Å². The van der Waals surface area contributed by atoms with Gasteiger partial charge in [-0.3, -0.25) is 10.1 Å². The number of aryl methyl sites for hydroxylation is 1. The molecule has 1 heterocycles. The summed E-state index contributed by atoms with van der Waals surface area (Å²) in [5.74, 6) is -9.69. The van der Waals surface area contributed by atoms with Gasteiger partial charge in [0.2, 0.25) is 23.0 Å². The van der Waals surface area contributed by atoms with E-state index in [4.69, 9.17) is 9.26 Å². The van der Waals surface area contributed by atoms with E-state index < -0.39 is 57.6 Å². The molecule has 218 valence electrons. The van der Waals surface area contributed by atoms with Gasteiger partial charge in [-0.25, -0.2) is 4.79 Å². The standard InChI is InChI=1S/C29H26N2O11/c1-13-19(30-27(39)41-28(2,40)18-20(32)22(34)24(36)23(35)21(18)33)25(42-31-13)16-5-3-14(4-6-16)15-7-9-17(10-8-15)29(11-12-29)26(37)38/h3-10,32-36,40H,11-12H2,1-2H3,(H,30,39)(H,37,38). The number of anilines is 1. The number of ether oxygens (including phenoxy) is 1. The smallest absolute Gasteiger partial charge is 0.414 e. The van der Waals surface area contributed by atoms with Crippen LogP contribution in [0, 0.1) is 6.92 Å². The van der Waals surface area contributed by atoms with Crippen molar-refractivity contribution in [3.63, 3.8) is 0 Å². The van der Waals surface area contributed by atoms with Crippen LogP contribution in [0.3, 0.4) is 0 Å². The molecule has 1 aliphatic carbocycles. The third-order valence-corrected chi connectivity index (χ3v) is 7.29. The first-order chi connectivity index (χ1) is 19.8. The summed E-state index contributed by atoms with van der Waals surface area (Å²) in [4.78, 5) is 24.3. The quantitative estimate of drug-likeness (QED) is 0.0869. The van der Waals surface area contributed by atoms with E-state index in [1.165, 1.54) is 6.92 Å². The van der Waals surface area contributed by atoms with Gasteiger partial charge in [0.25, 0.3) is 0 Å². The average molecular weight is 579 g/mol. The number of rotatable bonds is 7. The summed E-state index contributed by atoms with van der Waals surface area (Å²) in [6.45, 7) is 2.38. The minimum Gasteiger partial charge on any atom is -0.504 e. The normalized spacial score (nSPS) is 15.0. The molecule has 1 unspecified atom stereocenters. The number of amides is 1. The zero-order valence-corrected chi connectivity index (χ0v) is 22.2. The van der Waals surface area contributed by atoms with Gasteiger partial charge in [-0.1, -0.05) is 53.7 Å². The maximum absolute atomic E-state index is 12.7. The van der Waals surface area contributed by atoms with Gasteiger partial charge in [-0.05, 0) is 36.5 Å². The van der Waals surface area contributed by atoms with Crippen LogP contribution >= 0.6 is 0 Å². The van der Waals surface area contributed by atoms with Gasteiger partial charge in [-0.2, -0.15) is 0 Å². The van der Waals surface area contributed by atoms with Gasteiger partial charge in [-0.15, -0.1) is 0 Å². The minimum absolute atomic E-state index is 0.0844. The molecule has 1 fully saturated rings. The second-order valence-electron chi connectivity index (χ2n) is 10.1. The number of phenolic OH excluding ortho intramolecular Hbond substituents is 5. The number of carboxylic acid groups (broad SMARTS) is 1. The summed E-state index contributed by atoms with van der Waals surface area (Å²) in [5.41, 5.74) is 1.54. The lowest BCUT2D eigenvalue weighted by Gasteiger charge is -2.26. The highest BCUT2D eigenvalue weighted by molar-refractivity contribution is 5.91. The van der Waals surface area contributed by atoms with Gasteiger partial charge in [0.15, 0.2) is 17.3 Å². The molecular formula is C29H26N2O11. The number of carbonyl (C=O) groups is 2. The number of aliphatic carboxylic acids is 1. The van der Waals surface area contributed by atoms with Crippen molar-refractivity contribution in [3.8, 4) is 51.2 Å². The summed E-state index contributed by atoms with van der Waals surface area (Å²) in [7, 11) is 0. The molecule has 4 aromatic rings. The summed E-state index contributed by atoms with van der Waals surface area (Å²) < 4.78 is 10.4. The molecular weight excluding hydrogens is 552 g/mol. The van der Waals surface area contributed by atoms with E-state index in [-0.39, 0.29) is 17.1 Å². The van der Waals surface area contributed by atoms with E-state index in [9.17, 15) is 45.3 Å². The van der Waals surface area contributed by atoms with Crippen LogP contribution in [0.15, 0.2) is 53.1 Å². The zero-order valence-electron chi connectivity index (χ0n) is 22.2. The molecule has 1 atom stereocenters. The predicted molar refractivity (Wildman–Crippen MR) is 145 cm³/mol. The van der Waals surface area contributed by atoms with Crippen LogP contribution in [0.4, 0.5) is 10.5 Å². The number of phenols is 5. The van der Waals surface area contributed by atoms with E-state index in [1.807, 2.05) is 24.3 Å². The van der Waals surface area contributed by atoms with E-state index in [0.717, 1.165) is 23.6 Å². The average Bonchev–Trinajstić information content (AvgIpc) is 3.70. The topological polar surface area (TPSA) is 223 Å². The van der Waals surface area contributed by atoms with Crippen molar-refractivity contribution >= 4 is 17.7 Å². The molecule has 1 aliphatic rings. The number of hydrogen-bond donors (Lipinski definition) is 8. The minimum atomic E-state index is -2.80. The molecule has 13 nitrogen and oxygen atoms in total. The number of nitrogens with zero attached hydrogens (tertiary/aromatic N) is 1. The second-order valence-corrected chi connectivity index (χ2v) is 10.1. The number of aliphatic hydroxyl groups is 1. The van der Waals surface area contributed by atoms with Gasteiger partial charge >= 0.3 is 12.1 Å². The molecule has 42 heavy (non-hydrogen) atoms. The maximum atomic E-state index is 12.7. The Bertz CT molecular complexity index is 1670. The fraction of sp³-hybridized carbons (Fsp3) is 0.207. The molecule has 13 heteroatoms. The lowest BCUT2D eigenvalue weighted by atomic mass is 9.93. The highest BCUT2D eigenvalue weighted by Gasteiger charge is 2.51. The van der Waals surface area contributed by atoms with Crippen LogP contribution in [-0.4, -0.2) is 53.0 Å². The Morgan fingerprint density at radius 2 is 1.33 bits per heavy atom. The zero-order chi connectivity index (χ0) is 30.6. The largest absolute Gasteiger partial charge is 0.504 e. The Hall–Kier alpha value is -5.43. The Kier molecular flexibility index (Phi) is 6.62. The molecule has 8 N–H and O–H groups in total. The fourth-order valence-electron chi connectivity index (χ4n) is 4.74. The number of carbonyl (C=O) groups excluding carboxylic acids is 1. The number of hydrogen-bond acceptors (Lipinski definition) is 11. The molecule has 3 aromatic carbocycles. The Morgan fingerprint density at radius 1 is 0.857 bits per heavy atom. The Morgan fingerprint density at radius 3 is 1.83 bits per heavy atom. The number of benzene rings is 3. The van der Waals surface area contributed by atoms with Crippen molar-refractivity contribution in [2.45, 2.75) is 37.9 Å². The van der Waals surface area contributed by atoms with Crippen LogP contribution in [0.5, 0.6) is 28.7 Å². The third-order valence-electron chi connectivity index (χ3n) is 7.29. The number of aromatic hydroxyl groups is 5. The van der Waals surface area contributed by atoms with Crippen molar-refractivity contribution in [1.82, 2.24) is 5.16 Å². The number of carboxylic acids is 1. The van der Waals surface area contributed by atoms with Gasteiger partial charge in [0.1, 0.15) is 16.9 Å². The maximum Gasteiger partial charge on any atom is 0.414 e. The molecule has 1 saturated carbocycles. The van der Waals surface area contributed by atoms with Crippen LogP contribution in [0.1, 0.15) is 36.6 Å². The van der Waals surface area contributed by atoms with Crippen molar-refractivity contribution in [2.75, 3.05) is 5.32 Å². The summed E-state index contributed by atoms with van der Waals surface area (Å²) in [5, 5.41) is 75.8. The first kappa shape index (κ1) is 28.1. The van der Waals surface area contributed by atoms with Crippen molar-refractivity contribution in [3.05, 3.63) is 65.4 Å². The lowest BCUT2D eigenvalue weighted by molar-refractivity contribution is -0.153. The molecule has 0 radical (unpaired) electrons. The van der Waals surface area contributed by atoms with E-state index >= 15 is 0 Å². The first-order valence-corrected chi connectivity index (χ1v) is 12.6. The number of nitrogens with one attached hydrogen (secondary N) is 1. The molecule has 1 aromatic heterocycles. The molecule has 1 amide bonds. The molecule has 0 bridgehead atoms. The number of aromatic nitrogens is 1. The monoisotopic (exact) mass is 578 g/mol. The van der Waals surface area contributed by atoms with Gasteiger partial charge in [0, 0.05) is 12.5 Å². The predicted octanol–water partition coefficient (Wildman–Crippen LogP) is 4.37. The van der Waals surface area contributed by atoms with Crippen molar-refractivity contribution < 1.29 is 54.6 Å². The van der Waals surface area contributed by atoms with Crippen LogP contribution in [-0.2, 0) is 20.7 Å². The Balaban J connectivity index is 1.34. The van der Waals surface area contributed by atoms with Crippen molar-refractivity contribution in [1.29, 1.82) is 0 Å². The summed E-state index contributed by atoms with van der Waals surface area (Å²) in [6, 6.07) is 14.4. The SMILES string of the molecule is Cc1noc(-c2ccc(-c3ccc(C4(C(=O)O)CC4)cc3)cc2)c1NC(=O)OC(C)(O)c1c(O)c(O)c(O)c(O)c1O. The molecule has 0 aliphatic heterocycles. The summed E-state index contributed by atoms with van der Waals surface area (Å²) >= 11 is 0. The molecule has 0 spiro atoms. The van der Waals surface area contributed by atoms with E-state index in [1.54, 1.807) is 24.3 Å². The van der Waals surface area contributed by atoms with E-state index in [2.05, 4.69) is 10.5 Å². The molecule has 0 saturated heterocycles. The summed E-state index contributed by atoms with van der Waals surface area (Å²) in [6.07, 6.45) is -0.0582. The van der Waals surface area contributed by atoms with Crippen molar-refractivity contribution in [2.24, 2.45) is 0 Å². The highest BCUT2D eigenvalue weighted by atomic mass is 16.7. The van der Waals surface area contributed by atoms with E-state index in [0.29, 0.717) is 18.4 Å². The molecule has 5 rings (SSSR count). The lowest BCUT2D eigenvalue weighted by Crippen LogP contribution is -2.31. The second kappa shape index (κ2) is 9.89. The van der Waals surface area contributed by atoms with Crippen LogP contribution in [0.25, 0.3) is 22.5 Å². The third kappa shape index (κ3) is 4.65. The first-order valence-electron chi connectivity index (χ1n) is 12.6. The fourth-order valence-corrected chi connectivity index (χ4v) is 4.74. The van der Waals surface area contributed by atoms with Gasteiger partial charge < -0.3 is 45.0 Å². The Labute approximate surface area is 237 Å². The highest BCUT2D eigenvalue weighted by Crippen LogP contribution is 2.54. The van der Waals surface area contributed by atoms with Crippen LogP contribution < -0.4 is 5.32 Å². The van der Waals surface area contributed by atoms with Crippen LogP contribution in [0.2, 0.25) is 0 Å².